The third-order valence-electron chi connectivity index (χ3n) is 3.01. The van der Waals surface area contributed by atoms with Gasteiger partial charge in [-0.3, -0.25) is 0 Å². The molecule has 0 spiro atoms. The van der Waals surface area contributed by atoms with Crippen LogP contribution in [-0.4, -0.2) is 70.2 Å². The van der Waals surface area contributed by atoms with Crippen LogP contribution in [0.2, 0.25) is 0 Å². The lowest BCUT2D eigenvalue weighted by atomic mass is 10.0. The summed E-state index contributed by atoms with van der Waals surface area (Å²) in [4.78, 5) is 23.4. The number of hydrogen-bond donors (Lipinski definition) is 4. The van der Waals surface area contributed by atoms with Gasteiger partial charge in [0.2, 0.25) is 6.29 Å². The number of carbonyl (C=O) groups excluding carboxylic acids is 2. The normalized spacial score (nSPS) is 27.7. The van der Waals surface area contributed by atoms with E-state index in [1.165, 1.54) is 6.92 Å². The van der Waals surface area contributed by atoms with Crippen LogP contribution < -0.4 is 5.32 Å². The van der Waals surface area contributed by atoms with Gasteiger partial charge in [0, 0.05) is 6.42 Å². The van der Waals surface area contributed by atoms with Gasteiger partial charge < -0.3 is 34.8 Å². The van der Waals surface area contributed by atoms with Crippen molar-refractivity contribution in [3.63, 3.8) is 0 Å². The molecule has 0 radical (unpaired) electrons. The molecule has 9 nitrogen and oxygen atoms in total. The quantitative estimate of drug-likeness (QED) is 0.390. The predicted octanol–water partition coefficient (Wildman–Crippen LogP) is -0.728. The molecule has 0 aliphatic carbocycles. The molecular formula is C14H25NO8. The summed E-state index contributed by atoms with van der Waals surface area (Å²) in [5.41, 5.74) is -0.673. The molecule has 9 heteroatoms. The SMILES string of the molecule is CC(O)C(O)OC(=O)C1CC(O)C(NC(=O)OC(C)(C)C)CO1. The van der Waals surface area contributed by atoms with Gasteiger partial charge in [-0.2, -0.15) is 0 Å². The van der Waals surface area contributed by atoms with Gasteiger partial charge in [-0.15, -0.1) is 0 Å². The van der Waals surface area contributed by atoms with Gasteiger partial charge in [-0.1, -0.05) is 0 Å². The summed E-state index contributed by atoms with van der Waals surface area (Å²) in [5.74, 6) is -0.895. The Bertz CT molecular complexity index is 419. The van der Waals surface area contributed by atoms with Crippen molar-refractivity contribution < 1.29 is 39.1 Å². The average molecular weight is 335 g/mol. The highest BCUT2D eigenvalue weighted by Gasteiger charge is 2.37. The molecule has 1 fully saturated rings. The minimum absolute atomic E-state index is 0.119. The molecule has 0 aromatic carbocycles. The van der Waals surface area contributed by atoms with E-state index >= 15 is 0 Å². The Morgan fingerprint density at radius 3 is 2.39 bits per heavy atom. The molecule has 1 aliphatic heterocycles. The lowest BCUT2D eigenvalue weighted by Gasteiger charge is -2.33. The molecule has 1 saturated heterocycles. The first-order chi connectivity index (χ1) is 10.5. The van der Waals surface area contributed by atoms with Crippen molar-refractivity contribution in [1.82, 2.24) is 5.32 Å². The van der Waals surface area contributed by atoms with Crippen LogP contribution in [0.3, 0.4) is 0 Å². The maximum Gasteiger partial charge on any atom is 0.408 e. The molecule has 0 bridgehead atoms. The van der Waals surface area contributed by atoms with Crippen molar-refractivity contribution in [1.29, 1.82) is 0 Å². The number of aliphatic hydroxyl groups is 3. The molecule has 4 N–H and O–H groups in total. The van der Waals surface area contributed by atoms with E-state index in [2.05, 4.69) is 10.1 Å². The van der Waals surface area contributed by atoms with Gasteiger partial charge in [0.15, 0.2) is 6.10 Å². The van der Waals surface area contributed by atoms with E-state index < -0.39 is 48.3 Å². The highest BCUT2D eigenvalue weighted by molar-refractivity contribution is 5.75. The molecule has 0 saturated carbocycles. The lowest BCUT2D eigenvalue weighted by Crippen LogP contribution is -2.54. The van der Waals surface area contributed by atoms with Crippen LogP contribution in [0.5, 0.6) is 0 Å². The third kappa shape index (κ3) is 6.69. The van der Waals surface area contributed by atoms with E-state index in [4.69, 9.17) is 14.6 Å². The van der Waals surface area contributed by atoms with Crippen molar-refractivity contribution >= 4 is 12.1 Å². The van der Waals surface area contributed by atoms with E-state index in [9.17, 15) is 19.8 Å². The minimum atomic E-state index is -1.67. The number of aliphatic hydroxyl groups excluding tert-OH is 3. The van der Waals surface area contributed by atoms with Gasteiger partial charge in [0.25, 0.3) is 0 Å². The summed E-state index contributed by atoms with van der Waals surface area (Å²) in [7, 11) is 0. The molecular weight excluding hydrogens is 310 g/mol. The number of hydrogen-bond acceptors (Lipinski definition) is 8. The molecule has 1 rings (SSSR count). The standard InChI is InChI=1S/C14H25NO8/c1-7(16)11(18)22-12(19)10-5-9(17)8(6-21-10)15-13(20)23-14(2,3)4/h7-11,16-18H,5-6H2,1-4H3,(H,15,20). The second-order valence-electron chi connectivity index (χ2n) is 6.45. The maximum absolute atomic E-state index is 11.7. The first kappa shape index (κ1) is 19.6. The first-order valence-electron chi connectivity index (χ1n) is 7.35. The second-order valence-corrected chi connectivity index (χ2v) is 6.45. The fourth-order valence-corrected chi connectivity index (χ4v) is 1.84. The number of alkyl carbamates (subject to hydrolysis) is 1. The Kier molecular flexibility index (Phi) is 6.75. The van der Waals surface area contributed by atoms with Crippen LogP contribution in [0.25, 0.3) is 0 Å². The summed E-state index contributed by atoms with van der Waals surface area (Å²) in [6.45, 7) is 6.26. The number of esters is 1. The van der Waals surface area contributed by atoms with Crippen LogP contribution in [0.4, 0.5) is 4.79 Å². The topological polar surface area (TPSA) is 135 Å². The molecule has 1 aliphatic rings. The van der Waals surface area contributed by atoms with Gasteiger partial charge in [-0.25, -0.2) is 9.59 Å². The van der Waals surface area contributed by atoms with E-state index in [1.807, 2.05) is 0 Å². The van der Waals surface area contributed by atoms with E-state index in [1.54, 1.807) is 20.8 Å². The molecule has 1 heterocycles. The monoisotopic (exact) mass is 335 g/mol. The van der Waals surface area contributed by atoms with Crippen molar-refractivity contribution in [2.24, 2.45) is 0 Å². The Labute approximate surface area is 134 Å². The van der Waals surface area contributed by atoms with E-state index in [0.717, 1.165) is 0 Å². The van der Waals surface area contributed by atoms with Crippen molar-refractivity contribution in [2.75, 3.05) is 6.61 Å². The second kappa shape index (κ2) is 7.91. The fourth-order valence-electron chi connectivity index (χ4n) is 1.84. The van der Waals surface area contributed by atoms with Crippen molar-refractivity contribution in [2.45, 2.75) is 70.4 Å². The third-order valence-corrected chi connectivity index (χ3v) is 3.01. The minimum Gasteiger partial charge on any atom is -0.444 e. The van der Waals surface area contributed by atoms with Crippen LogP contribution in [0.15, 0.2) is 0 Å². The van der Waals surface area contributed by atoms with Crippen LogP contribution in [0.1, 0.15) is 34.1 Å². The zero-order valence-electron chi connectivity index (χ0n) is 13.7. The zero-order chi connectivity index (χ0) is 17.8. The fraction of sp³-hybridized carbons (Fsp3) is 0.857. The first-order valence-corrected chi connectivity index (χ1v) is 7.35. The van der Waals surface area contributed by atoms with Gasteiger partial charge >= 0.3 is 12.1 Å². The van der Waals surface area contributed by atoms with Crippen molar-refractivity contribution in [3.8, 4) is 0 Å². The maximum atomic E-state index is 11.7. The summed E-state index contributed by atoms with van der Waals surface area (Å²) in [5, 5.41) is 30.8. The number of carbonyl (C=O) groups is 2. The van der Waals surface area contributed by atoms with Gasteiger partial charge in [0.05, 0.1) is 18.8 Å². The van der Waals surface area contributed by atoms with Crippen molar-refractivity contribution in [3.05, 3.63) is 0 Å². The smallest absolute Gasteiger partial charge is 0.408 e. The molecule has 0 aromatic rings. The Balaban J connectivity index is 2.47. The summed E-state index contributed by atoms with van der Waals surface area (Å²) >= 11 is 0. The molecule has 0 aromatic heterocycles. The van der Waals surface area contributed by atoms with Gasteiger partial charge in [0.1, 0.15) is 11.7 Å². The largest absolute Gasteiger partial charge is 0.444 e. The number of rotatable bonds is 4. The zero-order valence-corrected chi connectivity index (χ0v) is 13.7. The Hall–Kier alpha value is -1.42. The number of amides is 1. The Morgan fingerprint density at radius 1 is 1.30 bits per heavy atom. The van der Waals surface area contributed by atoms with E-state index in [0.29, 0.717) is 0 Å². The molecule has 1 amide bonds. The molecule has 5 atom stereocenters. The van der Waals surface area contributed by atoms with Crippen LogP contribution in [-0.2, 0) is 19.0 Å². The van der Waals surface area contributed by atoms with Crippen LogP contribution >= 0.6 is 0 Å². The lowest BCUT2D eigenvalue weighted by molar-refractivity contribution is -0.201. The van der Waals surface area contributed by atoms with Gasteiger partial charge in [-0.05, 0) is 27.7 Å². The number of nitrogens with one attached hydrogen (secondary N) is 1. The molecule has 5 unspecified atom stereocenters. The number of ether oxygens (including phenoxy) is 3. The predicted molar refractivity (Wildman–Crippen MR) is 77.3 cm³/mol. The average Bonchev–Trinajstić information content (AvgIpc) is 2.38. The Morgan fingerprint density at radius 2 is 1.91 bits per heavy atom. The summed E-state index contributed by atoms with van der Waals surface area (Å²) < 4.78 is 14.9. The highest BCUT2D eigenvalue weighted by atomic mass is 16.7. The molecule has 134 valence electrons. The summed E-state index contributed by atoms with van der Waals surface area (Å²) in [6.07, 6.45) is -5.86. The summed E-state index contributed by atoms with van der Waals surface area (Å²) in [6, 6.07) is -0.726. The van der Waals surface area contributed by atoms with E-state index in [-0.39, 0.29) is 13.0 Å². The van der Waals surface area contributed by atoms with Crippen LogP contribution in [0, 0.1) is 0 Å². The molecule has 23 heavy (non-hydrogen) atoms. The highest BCUT2D eigenvalue weighted by Crippen LogP contribution is 2.17.